The van der Waals surface area contributed by atoms with Gasteiger partial charge in [-0.2, -0.15) is 0 Å². The van der Waals surface area contributed by atoms with Crippen molar-refractivity contribution in [2.45, 2.75) is 13.8 Å². The standard InChI is InChI=1S/C28H18Cl2N2O5/c1-14-7-8-17(28(36)37-13-23(33)16-9-10-19(29)20(30)11-16)12-22(14)32-26(34)24-15(2)31-21-6-4-3-5-18(21)25(24)27(32)35/h3-12H,13H2,1-2H3. The fourth-order valence-electron chi connectivity index (χ4n) is 4.30. The number of halogens is 2. The van der Waals surface area contributed by atoms with E-state index in [-0.39, 0.29) is 33.0 Å². The molecule has 0 radical (unpaired) electrons. The van der Waals surface area contributed by atoms with E-state index in [1.54, 1.807) is 38.1 Å². The van der Waals surface area contributed by atoms with Crippen molar-refractivity contribution in [1.82, 2.24) is 4.98 Å². The van der Waals surface area contributed by atoms with Crippen molar-refractivity contribution in [3.63, 3.8) is 0 Å². The summed E-state index contributed by atoms with van der Waals surface area (Å²) in [5, 5.41) is 1.09. The summed E-state index contributed by atoms with van der Waals surface area (Å²) in [4.78, 5) is 57.7. The largest absolute Gasteiger partial charge is 0.454 e. The van der Waals surface area contributed by atoms with E-state index in [0.717, 1.165) is 4.90 Å². The van der Waals surface area contributed by atoms with Crippen molar-refractivity contribution >= 4 is 63.4 Å². The molecule has 0 saturated carbocycles. The first-order chi connectivity index (χ1) is 17.7. The van der Waals surface area contributed by atoms with Crippen molar-refractivity contribution in [3.8, 4) is 0 Å². The Morgan fingerprint density at radius 3 is 2.32 bits per heavy atom. The van der Waals surface area contributed by atoms with Gasteiger partial charge in [0.15, 0.2) is 12.4 Å². The van der Waals surface area contributed by atoms with Gasteiger partial charge in [-0.3, -0.25) is 19.4 Å². The summed E-state index contributed by atoms with van der Waals surface area (Å²) in [6.45, 7) is 2.89. The number of aryl methyl sites for hydroxylation is 2. The second-order valence-electron chi connectivity index (χ2n) is 8.54. The van der Waals surface area contributed by atoms with Crippen LogP contribution in [0.15, 0.2) is 60.7 Å². The molecule has 1 aromatic heterocycles. The van der Waals surface area contributed by atoms with Gasteiger partial charge in [0.1, 0.15) is 0 Å². The summed E-state index contributed by atoms with van der Waals surface area (Å²) in [7, 11) is 0. The lowest BCUT2D eigenvalue weighted by molar-refractivity contribution is 0.0474. The summed E-state index contributed by atoms with van der Waals surface area (Å²) >= 11 is 11.8. The molecule has 2 amide bonds. The van der Waals surface area contributed by atoms with E-state index in [1.165, 1.54) is 30.3 Å². The molecule has 9 heteroatoms. The summed E-state index contributed by atoms with van der Waals surface area (Å²) in [6.07, 6.45) is 0. The van der Waals surface area contributed by atoms with Gasteiger partial charge in [0.25, 0.3) is 11.8 Å². The number of fused-ring (bicyclic) bond motifs is 3. The summed E-state index contributed by atoms with van der Waals surface area (Å²) in [5.74, 6) is -2.26. The van der Waals surface area contributed by atoms with Gasteiger partial charge in [-0.15, -0.1) is 0 Å². The number of carbonyl (C=O) groups is 4. The van der Waals surface area contributed by atoms with E-state index in [1.807, 2.05) is 6.07 Å². The molecule has 2 heterocycles. The van der Waals surface area contributed by atoms with Gasteiger partial charge in [0.2, 0.25) is 0 Å². The van der Waals surface area contributed by atoms with Gasteiger partial charge in [0.05, 0.1) is 43.6 Å². The van der Waals surface area contributed by atoms with Gasteiger partial charge in [0, 0.05) is 10.9 Å². The topological polar surface area (TPSA) is 93.6 Å². The fourth-order valence-corrected chi connectivity index (χ4v) is 4.60. The van der Waals surface area contributed by atoms with Crippen LogP contribution in [0.3, 0.4) is 0 Å². The molecule has 5 rings (SSSR count). The zero-order valence-corrected chi connectivity index (χ0v) is 21.2. The predicted molar refractivity (Wildman–Crippen MR) is 140 cm³/mol. The third-order valence-electron chi connectivity index (χ3n) is 6.17. The summed E-state index contributed by atoms with van der Waals surface area (Å²) in [6, 6.07) is 16.0. The molecule has 1 aliphatic heterocycles. The van der Waals surface area contributed by atoms with Crippen LogP contribution in [-0.4, -0.2) is 35.2 Å². The number of rotatable bonds is 5. The number of imide groups is 1. The lowest BCUT2D eigenvalue weighted by Gasteiger charge is -2.17. The maximum absolute atomic E-state index is 13.5. The Balaban J connectivity index is 1.43. The number of ketones is 1. The smallest absolute Gasteiger partial charge is 0.338 e. The van der Waals surface area contributed by atoms with Crippen LogP contribution in [-0.2, 0) is 4.74 Å². The molecule has 1 aliphatic rings. The van der Waals surface area contributed by atoms with Crippen LogP contribution in [0.1, 0.15) is 52.7 Å². The number of hydrogen-bond acceptors (Lipinski definition) is 6. The number of anilines is 1. The van der Waals surface area contributed by atoms with Crippen LogP contribution >= 0.6 is 23.2 Å². The number of Topliss-reactive ketones (excluding diaryl/α,β-unsaturated/α-hetero) is 1. The van der Waals surface area contributed by atoms with E-state index >= 15 is 0 Å². The maximum Gasteiger partial charge on any atom is 0.338 e. The van der Waals surface area contributed by atoms with Crippen LogP contribution < -0.4 is 4.90 Å². The summed E-state index contributed by atoms with van der Waals surface area (Å²) in [5.41, 5.74) is 2.77. The van der Waals surface area contributed by atoms with Gasteiger partial charge in [-0.05, 0) is 55.8 Å². The molecular formula is C28H18Cl2N2O5. The van der Waals surface area contributed by atoms with Gasteiger partial charge in [-0.1, -0.05) is 47.5 Å². The monoisotopic (exact) mass is 532 g/mol. The van der Waals surface area contributed by atoms with E-state index < -0.39 is 30.2 Å². The molecule has 0 spiro atoms. The minimum Gasteiger partial charge on any atom is -0.454 e. The predicted octanol–water partition coefficient (Wildman–Crippen LogP) is 6.00. The van der Waals surface area contributed by atoms with E-state index in [4.69, 9.17) is 27.9 Å². The normalized spacial score (nSPS) is 12.7. The van der Waals surface area contributed by atoms with Crippen LogP contribution in [0.25, 0.3) is 10.9 Å². The number of aromatic nitrogens is 1. The Morgan fingerprint density at radius 2 is 1.57 bits per heavy atom. The minimum atomic E-state index is -0.783. The molecule has 3 aromatic carbocycles. The third-order valence-corrected chi connectivity index (χ3v) is 6.91. The van der Waals surface area contributed by atoms with Crippen molar-refractivity contribution in [3.05, 3.63) is 104 Å². The van der Waals surface area contributed by atoms with Crippen molar-refractivity contribution in [1.29, 1.82) is 0 Å². The summed E-state index contributed by atoms with van der Waals surface area (Å²) < 4.78 is 5.20. The minimum absolute atomic E-state index is 0.0822. The Morgan fingerprint density at radius 1 is 0.865 bits per heavy atom. The Hall–Kier alpha value is -4.07. The Kier molecular flexibility index (Phi) is 6.27. The zero-order chi connectivity index (χ0) is 26.4. The first-order valence-corrected chi connectivity index (χ1v) is 12.0. The number of benzene rings is 3. The van der Waals surface area contributed by atoms with Crippen LogP contribution in [0.2, 0.25) is 10.0 Å². The fraction of sp³-hybridized carbons (Fsp3) is 0.107. The quantitative estimate of drug-likeness (QED) is 0.178. The molecule has 0 aliphatic carbocycles. The molecular weight excluding hydrogens is 515 g/mol. The molecule has 0 atom stereocenters. The second kappa shape index (κ2) is 9.42. The highest BCUT2D eigenvalue weighted by atomic mass is 35.5. The van der Waals surface area contributed by atoms with Gasteiger partial charge < -0.3 is 4.74 Å². The van der Waals surface area contributed by atoms with Crippen molar-refractivity contribution in [2.75, 3.05) is 11.5 Å². The Labute approximate surface area is 221 Å². The number of ether oxygens (including phenoxy) is 1. The molecule has 0 unspecified atom stereocenters. The highest BCUT2D eigenvalue weighted by molar-refractivity contribution is 6.42. The molecule has 0 bridgehead atoms. The number of carbonyl (C=O) groups excluding carboxylic acids is 4. The molecule has 37 heavy (non-hydrogen) atoms. The van der Waals surface area contributed by atoms with E-state index in [2.05, 4.69) is 4.98 Å². The Bertz CT molecular complexity index is 1660. The van der Waals surface area contributed by atoms with E-state index in [0.29, 0.717) is 27.2 Å². The molecule has 4 aromatic rings. The molecule has 0 N–H and O–H groups in total. The molecule has 184 valence electrons. The molecule has 0 saturated heterocycles. The number of para-hydroxylation sites is 1. The maximum atomic E-state index is 13.5. The van der Waals surface area contributed by atoms with Gasteiger partial charge in [-0.25, -0.2) is 9.69 Å². The SMILES string of the molecule is Cc1ccc(C(=O)OCC(=O)c2ccc(Cl)c(Cl)c2)cc1N1C(=O)c2c(C)nc3ccccc3c2C1=O. The van der Waals surface area contributed by atoms with Gasteiger partial charge >= 0.3 is 5.97 Å². The number of hydrogen-bond donors (Lipinski definition) is 0. The lowest BCUT2D eigenvalue weighted by atomic mass is 10.0. The third kappa shape index (κ3) is 4.26. The number of esters is 1. The number of amides is 2. The number of nitrogens with zero attached hydrogens (tertiary/aromatic N) is 2. The average molecular weight is 533 g/mol. The molecule has 7 nitrogen and oxygen atoms in total. The average Bonchev–Trinajstić information content (AvgIpc) is 3.15. The molecule has 0 fully saturated rings. The van der Waals surface area contributed by atoms with Crippen LogP contribution in [0, 0.1) is 13.8 Å². The first-order valence-electron chi connectivity index (χ1n) is 11.2. The van der Waals surface area contributed by atoms with E-state index in [9.17, 15) is 19.2 Å². The first kappa shape index (κ1) is 24.6. The van der Waals surface area contributed by atoms with Crippen molar-refractivity contribution in [2.24, 2.45) is 0 Å². The van der Waals surface area contributed by atoms with Crippen LogP contribution in [0.4, 0.5) is 5.69 Å². The highest BCUT2D eigenvalue weighted by Gasteiger charge is 2.40. The van der Waals surface area contributed by atoms with Crippen LogP contribution in [0.5, 0.6) is 0 Å². The van der Waals surface area contributed by atoms with Crippen molar-refractivity contribution < 1.29 is 23.9 Å². The number of pyridine rings is 1. The highest BCUT2D eigenvalue weighted by Crippen LogP contribution is 2.36. The lowest BCUT2D eigenvalue weighted by Crippen LogP contribution is -2.30. The zero-order valence-electron chi connectivity index (χ0n) is 19.7. The second-order valence-corrected chi connectivity index (χ2v) is 9.35.